The van der Waals surface area contributed by atoms with Crippen LogP contribution in [0.4, 0.5) is 16.2 Å². The van der Waals surface area contributed by atoms with Crippen molar-refractivity contribution < 1.29 is 4.79 Å². The number of amides is 2. The summed E-state index contributed by atoms with van der Waals surface area (Å²) in [5, 5.41) is 6.55. The largest absolute Gasteiger partial charge is 0.361 e. The van der Waals surface area contributed by atoms with E-state index in [9.17, 15) is 4.79 Å². The van der Waals surface area contributed by atoms with Crippen LogP contribution >= 0.6 is 12.4 Å². The van der Waals surface area contributed by atoms with E-state index < -0.39 is 0 Å². The second-order valence-corrected chi connectivity index (χ2v) is 4.10. The van der Waals surface area contributed by atoms with Gasteiger partial charge in [0.25, 0.3) is 0 Å². The fraction of sp³-hybridized carbons (Fsp3) is 0. The molecule has 0 aliphatic heterocycles. The van der Waals surface area contributed by atoms with Gasteiger partial charge in [-0.15, -0.1) is 12.4 Å². The fourth-order valence-electron chi connectivity index (χ4n) is 1.86. The molecule has 1 aromatic carbocycles. The predicted octanol–water partition coefficient (Wildman–Crippen LogP) is 3.63. The van der Waals surface area contributed by atoms with Gasteiger partial charge in [-0.2, -0.15) is 0 Å². The molecule has 3 N–H and O–H groups in total. The highest BCUT2D eigenvalue weighted by molar-refractivity contribution is 6.00. The number of fused-ring (bicyclic) bond motifs is 1. The Bertz CT molecular complexity index is 711. The van der Waals surface area contributed by atoms with Crippen LogP contribution in [-0.4, -0.2) is 16.0 Å². The van der Waals surface area contributed by atoms with Crippen LogP contribution in [0.15, 0.2) is 55.0 Å². The van der Waals surface area contributed by atoms with E-state index in [1.54, 1.807) is 24.5 Å². The summed E-state index contributed by atoms with van der Waals surface area (Å²) in [6.45, 7) is 0. The zero-order chi connectivity index (χ0) is 13.1. The lowest BCUT2D eigenvalue weighted by Crippen LogP contribution is -2.19. The molecule has 0 aliphatic rings. The average molecular weight is 289 g/mol. The summed E-state index contributed by atoms with van der Waals surface area (Å²) < 4.78 is 0. The molecule has 102 valence electrons. The van der Waals surface area contributed by atoms with Gasteiger partial charge in [-0.1, -0.05) is 0 Å². The van der Waals surface area contributed by atoms with Crippen LogP contribution < -0.4 is 10.6 Å². The number of H-pyrrole nitrogens is 1. The number of nitrogens with one attached hydrogen (secondary N) is 3. The molecule has 6 heteroatoms. The molecular formula is C14H13ClN4O. The lowest BCUT2D eigenvalue weighted by molar-refractivity contribution is 0.262. The number of aromatic amines is 1. The molecule has 3 rings (SSSR count). The van der Waals surface area contributed by atoms with Crippen LogP contribution in [0.2, 0.25) is 0 Å². The number of nitrogens with zero attached hydrogens (tertiary/aromatic N) is 1. The molecule has 0 saturated carbocycles. The summed E-state index contributed by atoms with van der Waals surface area (Å²) >= 11 is 0. The van der Waals surface area contributed by atoms with Crippen LogP contribution in [0.1, 0.15) is 0 Å². The van der Waals surface area contributed by atoms with Crippen LogP contribution in [-0.2, 0) is 0 Å². The molecule has 0 fully saturated rings. The van der Waals surface area contributed by atoms with Crippen LogP contribution in [0, 0.1) is 0 Å². The van der Waals surface area contributed by atoms with Gasteiger partial charge in [0.2, 0.25) is 0 Å². The molecule has 0 radical (unpaired) electrons. The zero-order valence-electron chi connectivity index (χ0n) is 10.5. The topological polar surface area (TPSA) is 69.8 Å². The third-order valence-electron chi connectivity index (χ3n) is 2.73. The van der Waals surface area contributed by atoms with E-state index >= 15 is 0 Å². The molecule has 3 aromatic rings. The molecule has 0 spiro atoms. The van der Waals surface area contributed by atoms with Gasteiger partial charge in [0.05, 0.1) is 11.9 Å². The van der Waals surface area contributed by atoms with Crippen molar-refractivity contribution >= 4 is 40.7 Å². The van der Waals surface area contributed by atoms with Gasteiger partial charge in [-0.05, 0) is 36.4 Å². The predicted molar refractivity (Wildman–Crippen MR) is 82.4 cm³/mol. The minimum absolute atomic E-state index is 0. The Kier molecular flexibility index (Phi) is 4.22. The number of urea groups is 1. The first-order valence-electron chi connectivity index (χ1n) is 5.86. The third kappa shape index (κ3) is 3.07. The Morgan fingerprint density at radius 3 is 2.75 bits per heavy atom. The van der Waals surface area contributed by atoms with Crippen LogP contribution in [0.25, 0.3) is 10.9 Å². The van der Waals surface area contributed by atoms with Crippen molar-refractivity contribution in [3.8, 4) is 0 Å². The van der Waals surface area contributed by atoms with E-state index in [1.807, 2.05) is 30.5 Å². The molecule has 2 amide bonds. The van der Waals surface area contributed by atoms with Crippen molar-refractivity contribution in [2.24, 2.45) is 0 Å². The number of hydrogen-bond acceptors (Lipinski definition) is 2. The fourth-order valence-corrected chi connectivity index (χ4v) is 1.86. The van der Waals surface area contributed by atoms with Gasteiger partial charge in [0, 0.05) is 29.0 Å². The number of carbonyl (C=O) groups excluding carboxylic acids is 1. The standard InChI is InChI=1S/C14H12N4O.ClH/c19-14(18-12-2-1-6-15-9-12)17-11-3-4-13-10(8-11)5-7-16-13;/h1-9,16H,(H2,17,18,19);1H. The van der Waals surface area contributed by atoms with E-state index in [4.69, 9.17) is 0 Å². The third-order valence-corrected chi connectivity index (χ3v) is 2.73. The van der Waals surface area contributed by atoms with Gasteiger partial charge in [-0.25, -0.2) is 4.79 Å². The summed E-state index contributed by atoms with van der Waals surface area (Å²) in [6, 6.07) is 10.9. The minimum Gasteiger partial charge on any atom is -0.361 e. The van der Waals surface area contributed by atoms with Crippen molar-refractivity contribution in [3.63, 3.8) is 0 Å². The number of anilines is 2. The Labute approximate surface area is 121 Å². The van der Waals surface area contributed by atoms with Crippen molar-refractivity contribution in [3.05, 3.63) is 55.0 Å². The maximum absolute atomic E-state index is 11.8. The second-order valence-electron chi connectivity index (χ2n) is 4.10. The van der Waals surface area contributed by atoms with E-state index in [2.05, 4.69) is 20.6 Å². The highest BCUT2D eigenvalue weighted by Gasteiger charge is 2.03. The number of benzene rings is 1. The van der Waals surface area contributed by atoms with E-state index in [1.165, 1.54) is 0 Å². The Morgan fingerprint density at radius 2 is 1.95 bits per heavy atom. The first-order chi connectivity index (χ1) is 9.31. The van der Waals surface area contributed by atoms with Gasteiger partial charge >= 0.3 is 6.03 Å². The first-order valence-corrected chi connectivity index (χ1v) is 5.86. The highest BCUT2D eigenvalue weighted by Crippen LogP contribution is 2.18. The molecule has 2 aromatic heterocycles. The lowest BCUT2D eigenvalue weighted by Gasteiger charge is -2.07. The summed E-state index contributed by atoms with van der Waals surface area (Å²) in [4.78, 5) is 18.8. The number of aromatic nitrogens is 2. The molecule has 0 saturated heterocycles. The minimum atomic E-state index is -0.289. The molecule has 0 atom stereocenters. The van der Waals surface area contributed by atoms with Gasteiger partial charge in [0.15, 0.2) is 0 Å². The SMILES string of the molecule is Cl.O=C(Nc1cccnc1)Nc1ccc2[nH]ccc2c1. The zero-order valence-corrected chi connectivity index (χ0v) is 11.3. The van der Waals surface area contributed by atoms with Gasteiger partial charge < -0.3 is 15.6 Å². The number of halogens is 1. The molecule has 0 bridgehead atoms. The lowest BCUT2D eigenvalue weighted by atomic mass is 10.2. The Hall–Kier alpha value is -2.53. The van der Waals surface area contributed by atoms with Gasteiger partial charge in [0.1, 0.15) is 0 Å². The maximum Gasteiger partial charge on any atom is 0.323 e. The van der Waals surface area contributed by atoms with E-state index in [-0.39, 0.29) is 18.4 Å². The number of carbonyl (C=O) groups is 1. The molecule has 5 nitrogen and oxygen atoms in total. The quantitative estimate of drug-likeness (QED) is 0.674. The van der Waals surface area contributed by atoms with Crippen molar-refractivity contribution in [1.82, 2.24) is 9.97 Å². The Balaban J connectivity index is 0.00000147. The van der Waals surface area contributed by atoms with E-state index in [0.29, 0.717) is 5.69 Å². The maximum atomic E-state index is 11.8. The molecular weight excluding hydrogens is 276 g/mol. The molecule has 2 heterocycles. The molecule has 20 heavy (non-hydrogen) atoms. The number of hydrogen-bond donors (Lipinski definition) is 3. The Morgan fingerprint density at radius 1 is 1.10 bits per heavy atom. The first kappa shape index (κ1) is 13.9. The summed E-state index contributed by atoms with van der Waals surface area (Å²) in [7, 11) is 0. The summed E-state index contributed by atoms with van der Waals surface area (Å²) in [6.07, 6.45) is 5.11. The van der Waals surface area contributed by atoms with E-state index in [0.717, 1.165) is 16.6 Å². The monoisotopic (exact) mass is 288 g/mol. The number of pyridine rings is 1. The van der Waals surface area contributed by atoms with Crippen LogP contribution in [0.5, 0.6) is 0 Å². The summed E-state index contributed by atoms with van der Waals surface area (Å²) in [5.74, 6) is 0. The molecule has 0 unspecified atom stereocenters. The molecule has 0 aliphatic carbocycles. The summed E-state index contributed by atoms with van der Waals surface area (Å²) in [5.41, 5.74) is 2.44. The van der Waals surface area contributed by atoms with Crippen LogP contribution in [0.3, 0.4) is 0 Å². The highest BCUT2D eigenvalue weighted by atomic mass is 35.5. The number of rotatable bonds is 2. The van der Waals surface area contributed by atoms with Crippen molar-refractivity contribution in [2.45, 2.75) is 0 Å². The second kappa shape index (κ2) is 6.08. The average Bonchev–Trinajstić information content (AvgIpc) is 2.87. The normalized spacial score (nSPS) is 9.80. The van der Waals surface area contributed by atoms with Crippen molar-refractivity contribution in [1.29, 1.82) is 0 Å². The van der Waals surface area contributed by atoms with Crippen molar-refractivity contribution in [2.75, 3.05) is 10.6 Å². The van der Waals surface area contributed by atoms with Gasteiger partial charge in [-0.3, -0.25) is 4.98 Å². The smallest absolute Gasteiger partial charge is 0.323 e.